The van der Waals surface area contributed by atoms with Crippen LogP contribution in [0.4, 0.5) is 0 Å². The molecule has 88 valence electrons. The Morgan fingerprint density at radius 3 is 2.33 bits per heavy atom. The van der Waals surface area contributed by atoms with E-state index in [2.05, 4.69) is 0 Å². The summed E-state index contributed by atoms with van der Waals surface area (Å²) >= 11 is 0. The highest BCUT2D eigenvalue weighted by atomic mass is 32.2. The molecule has 0 spiro atoms. The highest BCUT2D eigenvalue weighted by Gasteiger charge is 2.27. The fourth-order valence-corrected chi connectivity index (χ4v) is 3.26. The van der Waals surface area contributed by atoms with Crippen molar-refractivity contribution in [2.75, 3.05) is 11.5 Å². The van der Waals surface area contributed by atoms with Crippen molar-refractivity contribution in [3.05, 3.63) is 11.8 Å². The lowest BCUT2D eigenvalue weighted by atomic mass is 9.97. The number of sulfone groups is 1. The van der Waals surface area contributed by atoms with Gasteiger partial charge in [-0.1, -0.05) is 0 Å². The van der Waals surface area contributed by atoms with Crippen molar-refractivity contribution in [2.24, 2.45) is 5.92 Å². The van der Waals surface area contributed by atoms with Crippen LogP contribution >= 0.6 is 0 Å². The Hall–Kier alpha value is -0.510. The molecule has 0 amide bonds. The van der Waals surface area contributed by atoms with Crippen molar-refractivity contribution >= 4 is 9.84 Å². The molecule has 0 aromatic heterocycles. The maximum absolute atomic E-state index is 11.2. The molecule has 0 aromatic rings. The van der Waals surface area contributed by atoms with Gasteiger partial charge in [0.2, 0.25) is 0 Å². The molecule has 1 unspecified atom stereocenters. The lowest BCUT2D eigenvalue weighted by molar-refractivity contribution is 0.0950. The first-order valence-electron chi connectivity index (χ1n) is 5.40. The molecular formula is C11H20O3S. The van der Waals surface area contributed by atoms with Crippen LogP contribution in [-0.4, -0.2) is 26.0 Å². The third-order valence-corrected chi connectivity index (χ3v) is 4.50. The lowest BCUT2D eigenvalue weighted by Gasteiger charge is -2.27. The Balaban J connectivity index is 2.43. The van der Waals surface area contributed by atoms with Crippen LogP contribution in [0.1, 0.15) is 33.6 Å². The van der Waals surface area contributed by atoms with Crippen LogP contribution in [0.2, 0.25) is 0 Å². The van der Waals surface area contributed by atoms with Gasteiger partial charge in [-0.25, -0.2) is 8.42 Å². The van der Waals surface area contributed by atoms with Crippen molar-refractivity contribution in [2.45, 2.75) is 39.7 Å². The zero-order valence-corrected chi connectivity index (χ0v) is 10.5. The number of hydrogen-bond donors (Lipinski definition) is 0. The van der Waals surface area contributed by atoms with Gasteiger partial charge < -0.3 is 4.74 Å². The first-order valence-corrected chi connectivity index (χ1v) is 7.22. The van der Waals surface area contributed by atoms with Crippen molar-refractivity contribution < 1.29 is 13.2 Å². The van der Waals surface area contributed by atoms with Gasteiger partial charge in [-0.05, 0) is 45.1 Å². The minimum absolute atomic E-state index is 0.121. The highest BCUT2D eigenvalue weighted by Crippen LogP contribution is 2.24. The standard InChI is InChI=1S/C11H20O3S/c1-9(2)8-14-10(3)11-4-6-15(12,13)7-5-11/h8,10-11H,4-7H2,1-3H3. The second kappa shape index (κ2) is 5.01. The minimum atomic E-state index is -2.75. The smallest absolute Gasteiger partial charge is 0.150 e. The Labute approximate surface area is 92.4 Å². The van der Waals surface area contributed by atoms with Crippen LogP contribution < -0.4 is 0 Å². The Morgan fingerprint density at radius 2 is 1.87 bits per heavy atom. The van der Waals surface area contributed by atoms with Crippen LogP contribution in [0, 0.1) is 5.92 Å². The molecule has 0 radical (unpaired) electrons. The molecular weight excluding hydrogens is 212 g/mol. The lowest BCUT2D eigenvalue weighted by Crippen LogP contribution is -2.30. The molecule has 0 saturated carbocycles. The molecule has 1 aliphatic heterocycles. The van der Waals surface area contributed by atoms with E-state index in [1.807, 2.05) is 20.8 Å². The van der Waals surface area contributed by atoms with Gasteiger partial charge in [0.1, 0.15) is 9.84 Å². The third kappa shape index (κ3) is 4.24. The predicted octanol–water partition coefficient (Wildman–Crippen LogP) is 2.14. The number of rotatable bonds is 3. The van der Waals surface area contributed by atoms with Gasteiger partial charge in [0.25, 0.3) is 0 Å². The van der Waals surface area contributed by atoms with Crippen LogP contribution in [0.3, 0.4) is 0 Å². The first kappa shape index (κ1) is 12.6. The molecule has 1 fully saturated rings. The summed E-state index contributed by atoms with van der Waals surface area (Å²) in [6.45, 7) is 5.98. The summed E-state index contributed by atoms with van der Waals surface area (Å²) in [4.78, 5) is 0. The zero-order chi connectivity index (χ0) is 11.5. The van der Waals surface area contributed by atoms with Crippen molar-refractivity contribution in [1.82, 2.24) is 0 Å². The molecule has 1 rings (SSSR count). The minimum Gasteiger partial charge on any atom is -0.498 e. The zero-order valence-electron chi connectivity index (χ0n) is 9.69. The SMILES string of the molecule is CC(C)=COC(C)C1CCS(=O)(=O)CC1. The molecule has 0 aromatic carbocycles. The van der Waals surface area contributed by atoms with E-state index in [-0.39, 0.29) is 6.10 Å². The van der Waals surface area contributed by atoms with E-state index in [1.165, 1.54) is 0 Å². The summed E-state index contributed by atoms with van der Waals surface area (Å²) in [5.41, 5.74) is 1.13. The molecule has 1 heterocycles. The highest BCUT2D eigenvalue weighted by molar-refractivity contribution is 7.91. The molecule has 1 aliphatic rings. The van der Waals surface area contributed by atoms with Gasteiger partial charge in [0, 0.05) is 0 Å². The quantitative estimate of drug-likeness (QED) is 0.700. The summed E-state index contributed by atoms with van der Waals surface area (Å²) in [7, 11) is -2.75. The van der Waals surface area contributed by atoms with Crippen molar-refractivity contribution in [1.29, 1.82) is 0 Å². The summed E-state index contributed by atoms with van der Waals surface area (Å²) in [5.74, 6) is 1.02. The van der Waals surface area contributed by atoms with E-state index in [1.54, 1.807) is 6.26 Å². The van der Waals surface area contributed by atoms with Crippen LogP contribution in [0.5, 0.6) is 0 Å². The van der Waals surface area contributed by atoms with Crippen LogP contribution in [0.15, 0.2) is 11.8 Å². The van der Waals surface area contributed by atoms with E-state index in [0.29, 0.717) is 17.4 Å². The molecule has 4 heteroatoms. The van der Waals surface area contributed by atoms with Gasteiger partial charge in [-0.15, -0.1) is 0 Å². The molecule has 1 atom stereocenters. The molecule has 0 aliphatic carbocycles. The maximum Gasteiger partial charge on any atom is 0.150 e. The summed E-state index contributed by atoms with van der Waals surface area (Å²) < 4.78 is 28.0. The summed E-state index contributed by atoms with van der Waals surface area (Å²) in [6, 6.07) is 0. The molecule has 0 N–H and O–H groups in total. The van der Waals surface area contributed by atoms with Crippen molar-refractivity contribution in [3.8, 4) is 0 Å². The molecule has 1 saturated heterocycles. The van der Waals surface area contributed by atoms with E-state index in [0.717, 1.165) is 18.4 Å². The molecule has 0 bridgehead atoms. The fraction of sp³-hybridized carbons (Fsp3) is 0.818. The monoisotopic (exact) mass is 232 g/mol. The Kier molecular flexibility index (Phi) is 4.20. The van der Waals surface area contributed by atoms with Gasteiger partial charge in [0.05, 0.1) is 23.9 Å². The second-order valence-corrected chi connectivity index (χ2v) is 6.83. The van der Waals surface area contributed by atoms with Crippen molar-refractivity contribution in [3.63, 3.8) is 0 Å². The van der Waals surface area contributed by atoms with Crippen LogP contribution in [-0.2, 0) is 14.6 Å². The normalized spacial score (nSPS) is 23.1. The Morgan fingerprint density at radius 1 is 1.33 bits per heavy atom. The van der Waals surface area contributed by atoms with Gasteiger partial charge >= 0.3 is 0 Å². The van der Waals surface area contributed by atoms with E-state index >= 15 is 0 Å². The number of allylic oxidation sites excluding steroid dienone is 1. The average Bonchev–Trinajstić information content (AvgIpc) is 2.14. The number of ether oxygens (including phenoxy) is 1. The maximum atomic E-state index is 11.2. The predicted molar refractivity (Wildman–Crippen MR) is 61.4 cm³/mol. The Bertz CT molecular complexity index is 312. The summed E-state index contributed by atoms with van der Waals surface area (Å²) in [5, 5.41) is 0. The van der Waals surface area contributed by atoms with Crippen LogP contribution in [0.25, 0.3) is 0 Å². The van der Waals surface area contributed by atoms with Gasteiger partial charge in [0.15, 0.2) is 0 Å². The van der Waals surface area contributed by atoms with E-state index in [9.17, 15) is 8.42 Å². The largest absolute Gasteiger partial charge is 0.498 e. The third-order valence-electron chi connectivity index (χ3n) is 2.78. The first-order chi connectivity index (χ1) is 6.91. The van der Waals surface area contributed by atoms with E-state index < -0.39 is 9.84 Å². The fourth-order valence-electron chi connectivity index (χ4n) is 1.73. The summed E-state index contributed by atoms with van der Waals surface area (Å²) in [6.07, 6.45) is 3.35. The number of hydrogen-bond acceptors (Lipinski definition) is 3. The average molecular weight is 232 g/mol. The molecule has 3 nitrogen and oxygen atoms in total. The second-order valence-electron chi connectivity index (χ2n) is 4.53. The molecule has 15 heavy (non-hydrogen) atoms. The topological polar surface area (TPSA) is 43.4 Å². The van der Waals surface area contributed by atoms with Gasteiger partial charge in [-0.2, -0.15) is 0 Å². The van der Waals surface area contributed by atoms with Gasteiger partial charge in [-0.3, -0.25) is 0 Å². The van der Waals surface area contributed by atoms with E-state index in [4.69, 9.17) is 4.74 Å².